The van der Waals surface area contributed by atoms with E-state index in [1.54, 1.807) is 44.3 Å². The van der Waals surface area contributed by atoms with Crippen LogP contribution in [-0.4, -0.2) is 86.9 Å². The highest BCUT2D eigenvalue weighted by molar-refractivity contribution is 6.28. The number of rotatable bonds is 16. The molecule has 18 heteroatoms. The first kappa shape index (κ1) is 50.4. The maximum Gasteiger partial charge on any atom is 0.344 e. The predicted molar refractivity (Wildman–Crippen MR) is 266 cm³/mol. The first-order chi connectivity index (χ1) is 36.4. The molecule has 0 bridgehead atoms. The largest absolute Gasteiger partial charge is 0.505 e. The molecule has 378 valence electrons. The minimum Gasteiger partial charge on any atom is -0.505 e. The number of halogens is 2. The highest BCUT2D eigenvalue weighted by Crippen LogP contribution is 2.47. The number of carbonyl (C=O) groups excluding carboxylic acids is 6. The summed E-state index contributed by atoms with van der Waals surface area (Å²) in [6.45, 7) is 2.40. The van der Waals surface area contributed by atoms with Crippen molar-refractivity contribution in [1.82, 2.24) is 19.8 Å². The van der Waals surface area contributed by atoms with Gasteiger partial charge in [-0.15, -0.1) is 0 Å². The van der Waals surface area contributed by atoms with Crippen molar-refractivity contribution in [2.24, 2.45) is 0 Å². The van der Waals surface area contributed by atoms with Crippen LogP contribution in [0.2, 0.25) is 0 Å². The van der Waals surface area contributed by atoms with E-state index in [0.717, 1.165) is 20.9 Å². The zero-order valence-electron chi connectivity index (χ0n) is 40.2. The number of ether oxygens (including phenoxy) is 5. The summed E-state index contributed by atoms with van der Waals surface area (Å²) in [6, 6.07) is 36.4. The Labute approximate surface area is 426 Å². The molecule has 1 N–H and O–H groups in total. The SMILES string of the molecule is CCOC(=O)COc1c2c(c(O)c3ncccc13)C(=O)N(Cc1ccc(F)cc1)C2=O.CCOC(=O)COc1c2c(c(OC(c3ccccc3)c3ccccc3)c3ncccc13)C(=O)N(Cc1ccc(F)cc1)C2=O. The van der Waals surface area contributed by atoms with Crippen LogP contribution < -0.4 is 14.2 Å². The Morgan fingerprint density at radius 1 is 0.520 bits per heavy atom. The maximum absolute atomic E-state index is 14.2. The average Bonchev–Trinajstić information content (AvgIpc) is 3.85. The number of aromatic nitrogens is 2. The predicted octanol–water partition coefficient (Wildman–Crippen LogP) is 9.10. The Kier molecular flexibility index (Phi) is 14.8. The molecule has 8 aromatic rings. The fourth-order valence-electron chi connectivity index (χ4n) is 8.67. The molecule has 4 heterocycles. The molecule has 0 spiro atoms. The number of imide groups is 2. The lowest BCUT2D eigenvalue weighted by Crippen LogP contribution is -2.29. The number of nitrogens with zero attached hydrogens (tertiary/aromatic N) is 4. The normalized spacial score (nSPS) is 12.7. The van der Waals surface area contributed by atoms with Crippen molar-refractivity contribution in [3.05, 3.63) is 202 Å². The van der Waals surface area contributed by atoms with Crippen LogP contribution in [0.3, 0.4) is 0 Å². The van der Waals surface area contributed by atoms with Gasteiger partial charge in [-0.3, -0.25) is 38.9 Å². The highest BCUT2D eigenvalue weighted by Gasteiger charge is 2.45. The second-order valence-corrected chi connectivity index (χ2v) is 16.8. The van der Waals surface area contributed by atoms with Gasteiger partial charge in [0.2, 0.25) is 0 Å². The minimum atomic E-state index is -0.740. The molecular formula is C57H44F2N4O12. The summed E-state index contributed by atoms with van der Waals surface area (Å²) in [5.74, 6) is -5.23. The molecule has 10 rings (SSSR count). The van der Waals surface area contributed by atoms with E-state index in [1.165, 1.54) is 54.7 Å². The topological polar surface area (TPSA) is 201 Å². The standard InChI is InChI=1S/C35H27FN2O6.C22H17FN2O6/c1-2-42-27(39)21-43-32-26-14-9-19-37-30(26)33(44-31(23-10-5-3-6-11-23)24-12-7-4-8-13-24)29-28(32)34(40)38(35(29)41)20-22-15-17-25(36)18-16-22;1-2-30-15(26)11-31-20-14-4-3-9-24-18(14)19(27)16-17(20)22(29)25(21(16)28)10-12-5-7-13(23)8-6-12/h3-19,31H,2,20-21H2,1H3;3-9,27H,2,10-11H2,1H3. The molecule has 4 amide bonds. The van der Waals surface area contributed by atoms with Crippen molar-refractivity contribution >= 4 is 57.4 Å². The Bertz CT molecular complexity index is 3470. The molecule has 2 aliphatic rings. The van der Waals surface area contributed by atoms with Gasteiger partial charge in [-0.05, 0) is 84.6 Å². The first-order valence-corrected chi connectivity index (χ1v) is 23.5. The fourth-order valence-corrected chi connectivity index (χ4v) is 8.67. The summed E-state index contributed by atoms with van der Waals surface area (Å²) in [6.07, 6.45) is 2.31. The lowest BCUT2D eigenvalue weighted by Gasteiger charge is -2.23. The van der Waals surface area contributed by atoms with Crippen LogP contribution in [0.15, 0.2) is 146 Å². The van der Waals surface area contributed by atoms with Crippen LogP contribution in [0.25, 0.3) is 21.8 Å². The summed E-state index contributed by atoms with van der Waals surface area (Å²) in [5, 5.41) is 11.4. The number of carbonyl (C=O) groups is 6. The van der Waals surface area contributed by atoms with Crippen LogP contribution in [0.4, 0.5) is 8.78 Å². The average molecular weight is 1010 g/mol. The molecule has 6 aromatic carbocycles. The molecule has 0 unspecified atom stereocenters. The quantitative estimate of drug-likeness (QED) is 0.0709. The number of phenols is 1. The van der Waals surface area contributed by atoms with Gasteiger partial charge in [-0.25, -0.2) is 18.4 Å². The lowest BCUT2D eigenvalue weighted by molar-refractivity contribution is -0.146. The summed E-state index contributed by atoms with van der Waals surface area (Å²) in [4.78, 5) is 89.1. The van der Waals surface area contributed by atoms with Gasteiger partial charge in [0, 0.05) is 23.2 Å². The number of esters is 2. The van der Waals surface area contributed by atoms with E-state index in [-0.39, 0.29) is 82.2 Å². The van der Waals surface area contributed by atoms with Gasteiger partial charge in [0.1, 0.15) is 51.4 Å². The van der Waals surface area contributed by atoms with E-state index in [4.69, 9.17) is 23.7 Å². The third-order valence-electron chi connectivity index (χ3n) is 12.0. The van der Waals surface area contributed by atoms with Crippen LogP contribution in [0, 0.1) is 11.6 Å². The number of phenolic OH excluding ortho intramolecular Hbond substituents is 1. The molecular weight excluding hydrogens is 971 g/mol. The molecule has 75 heavy (non-hydrogen) atoms. The second kappa shape index (κ2) is 22.0. The number of fused-ring (bicyclic) bond motifs is 4. The van der Waals surface area contributed by atoms with Crippen LogP contribution >= 0.6 is 0 Å². The molecule has 0 saturated heterocycles. The van der Waals surface area contributed by atoms with Crippen molar-refractivity contribution in [2.75, 3.05) is 26.4 Å². The maximum atomic E-state index is 14.2. The number of hydrogen-bond acceptors (Lipinski definition) is 14. The zero-order chi connectivity index (χ0) is 52.8. The van der Waals surface area contributed by atoms with Crippen molar-refractivity contribution in [3.8, 4) is 23.0 Å². The van der Waals surface area contributed by atoms with E-state index in [2.05, 4.69) is 9.97 Å². The van der Waals surface area contributed by atoms with Gasteiger partial charge in [0.05, 0.1) is 37.4 Å². The van der Waals surface area contributed by atoms with Gasteiger partial charge < -0.3 is 28.8 Å². The molecule has 16 nitrogen and oxygen atoms in total. The van der Waals surface area contributed by atoms with Crippen LogP contribution in [0.1, 0.15) is 83.6 Å². The number of pyridine rings is 2. The number of hydrogen-bond donors (Lipinski definition) is 1. The Balaban J connectivity index is 0.000000195. The monoisotopic (exact) mass is 1010 g/mol. The van der Waals surface area contributed by atoms with Crippen molar-refractivity contribution in [2.45, 2.75) is 33.0 Å². The van der Waals surface area contributed by atoms with E-state index < -0.39 is 72.3 Å². The molecule has 2 aromatic heterocycles. The third-order valence-corrected chi connectivity index (χ3v) is 12.0. The van der Waals surface area contributed by atoms with E-state index >= 15 is 0 Å². The van der Waals surface area contributed by atoms with E-state index in [1.807, 2.05) is 60.7 Å². The lowest BCUT2D eigenvalue weighted by atomic mass is 9.99. The Hall–Kier alpha value is -9.58. The zero-order valence-corrected chi connectivity index (χ0v) is 40.2. The summed E-state index contributed by atoms with van der Waals surface area (Å²) >= 11 is 0. The number of amides is 4. The molecule has 0 saturated carbocycles. The van der Waals surface area contributed by atoms with Crippen molar-refractivity contribution in [3.63, 3.8) is 0 Å². The third kappa shape index (κ3) is 10.3. The van der Waals surface area contributed by atoms with E-state index in [9.17, 15) is 42.7 Å². The number of aromatic hydroxyl groups is 1. The first-order valence-electron chi connectivity index (χ1n) is 23.5. The molecule has 0 fully saturated rings. The molecule has 0 radical (unpaired) electrons. The minimum absolute atomic E-state index is 0.0273. The van der Waals surface area contributed by atoms with Gasteiger partial charge in [-0.2, -0.15) is 0 Å². The van der Waals surface area contributed by atoms with Crippen molar-refractivity contribution in [1.29, 1.82) is 0 Å². The summed E-state index contributed by atoms with van der Waals surface area (Å²) in [7, 11) is 0. The summed E-state index contributed by atoms with van der Waals surface area (Å²) in [5.41, 5.74) is 2.57. The highest BCUT2D eigenvalue weighted by atomic mass is 19.1. The van der Waals surface area contributed by atoms with E-state index in [0.29, 0.717) is 16.5 Å². The van der Waals surface area contributed by atoms with Gasteiger partial charge in [0.25, 0.3) is 23.6 Å². The molecule has 2 aliphatic heterocycles. The van der Waals surface area contributed by atoms with Crippen LogP contribution in [-0.2, 0) is 32.2 Å². The van der Waals surface area contributed by atoms with Gasteiger partial charge in [0.15, 0.2) is 24.7 Å². The Morgan fingerprint density at radius 3 is 1.37 bits per heavy atom. The summed E-state index contributed by atoms with van der Waals surface area (Å²) < 4.78 is 54.9. The van der Waals surface area contributed by atoms with Gasteiger partial charge in [-0.1, -0.05) is 84.9 Å². The molecule has 0 aliphatic carbocycles. The smallest absolute Gasteiger partial charge is 0.344 e. The molecule has 0 atom stereocenters. The fraction of sp³-hybridized carbons (Fsp3) is 0.158. The number of benzene rings is 6. The van der Waals surface area contributed by atoms with Gasteiger partial charge >= 0.3 is 11.9 Å². The van der Waals surface area contributed by atoms with Crippen LogP contribution in [0.5, 0.6) is 23.0 Å². The second-order valence-electron chi connectivity index (χ2n) is 16.8. The Morgan fingerprint density at radius 2 is 0.920 bits per heavy atom. The van der Waals surface area contributed by atoms with Crippen molar-refractivity contribution < 1.29 is 66.3 Å².